The molecule has 0 aliphatic rings. The molecule has 9 heteroatoms. The van der Waals surface area contributed by atoms with Crippen LogP contribution >= 0.6 is 11.3 Å². The number of hydrogen-bond acceptors (Lipinski definition) is 6. The van der Waals surface area contributed by atoms with Crippen LogP contribution in [0.2, 0.25) is 0 Å². The fourth-order valence-corrected chi connectivity index (χ4v) is 4.34. The van der Waals surface area contributed by atoms with Gasteiger partial charge in [0.2, 0.25) is 5.91 Å². The number of benzene rings is 2. The van der Waals surface area contributed by atoms with Crippen LogP contribution in [0.5, 0.6) is 5.75 Å². The number of carbonyl (C=O) groups is 1. The minimum atomic E-state index is -0.265. The Morgan fingerprint density at radius 2 is 2.03 bits per heavy atom. The smallest absolute Gasteiger partial charge is 0.305 e. The molecule has 0 spiro atoms. The Bertz CT molecular complexity index is 1100. The Morgan fingerprint density at radius 1 is 1.19 bits per heavy atom. The van der Waals surface area contributed by atoms with Crippen molar-refractivity contribution in [3.05, 3.63) is 63.0 Å². The molecule has 0 saturated heterocycles. The summed E-state index contributed by atoms with van der Waals surface area (Å²) in [5, 5.41) is 19.4. The van der Waals surface area contributed by atoms with Crippen LogP contribution < -0.4 is 20.8 Å². The molecule has 0 saturated carbocycles. The number of aromatic nitrogens is 1. The van der Waals surface area contributed by atoms with Crippen molar-refractivity contribution in [3.8, 4) is 5.75 Å². The van der Waals surface area contributed by atoms with E-state index in [1.54, 1.807) is 12.1 Å². The zero-order chi connectivity index (χ0) is 22.9. The fourth-order valence-electron chi connectivity index (χ4n) is 3.44. The first-order valence-electron chi connectivity index (χ1n) is 10.7. The molecule has 0 radical (unpaired) electrons. The summed E-state index contributed by atoms with van der Waals surface area (Å²) in [5.41, 5.74) is 2.38. The highest BCUT2D eigenvalue weighted by Crippen LogP contribution is 2.27. The summed E-state index contributed by atoms with van der Waals surface area (Å²) in [7, 11) is 0. The summed E-state index contributed by atoms with van der Waals surface area (Å²) in [4.78, 5) is 26.0. The minimum absolute atomic E-state index is 0.0312. The summed E-state index contributed by atoms with van der Waals surface area (Å²) in [6, 6.07) is 10.1. The van der Waals surface area contributed by atoms with Gasteiger partial charge in [0.25, 0.3) is 0 Å². The number of H-pyrrole nitrogens is 1. The maximum Gasteiger partial charge on any atom is 0.305 e. The van der Waals surface area contributed by atoms with Gasteiger partial charge in [0, 0.05) is 32.1 Å². The number of carbonyl (C=O) groups excluding carboxylic acids is 1. The van der Waals surface area contributed by atoms with E-state index in [1.165, 1.54) is 12.1 Å². The van der Waals surface area contributed by atoms with Gasteiger partial charge in [0.1, 0.15) is 17.1 Å². The maximum atomic E-state index is 13.1. The zero-order valence-electron chi connectivity index (χ0n) is 18.0. The Morgan fingerprint density at radius 3 is 2.84 bits per heavy atom. The molecule has 1 aromatic heterocycles. The van der Waals surface area contributed by atoms with Crippen molar-refractivity contribution in [1.29, 1.82) is 0 Å². The summed E-state index contributed by atoms with van der Waals surface area (Å²) in [6.45, 7) is 4.58. The van der Waals surface area contributed by atoms with Gasteiger partial charge < -0.3 is 26.0 Å². The Balaban J connectivity index is 1.28. The van der Waals surface area contributed by atoms with Crippen molar-refractivity contribution in [2.75, 3.05) is 26.2 Å². The fraction of sp³-hybridized carbons (Fsp3) is 0.391. The van der Waals surface area contributed by atoms with E-state index in [0.717, 1.165) is 46.7 Å². The van der Waals surface area contributed by atoms with Crippen molar-refractivity contribution >= 4 is 27.5 Å². The molecular weight excluding hydrogens is 431 g/mol. The minimum Gasteiger partial charge on any atom is -0.506 e. The molecule has 1 unspecified atom stereocenters. The predicted octanol–water partition coefficient (Wildman–Crippen LogP) is 2.29. The Hall–Kier alpha value is -2.75. The number of halogens is 1. The van der Waals surface area contributed by atoms with E-state index in [0.29, 0.717) is 31.4 Å². The monoisotopic (exact) mass is 460 g/mol. The number of amides is 1. The van der Waals surface area contributed by atoms with E-state index < -0.39 is 0 Å². The maximum absolute atomic E-state index is 13.1. The number of hydrogen-bond donors (Lipinski definition) is 5. The molecule has 3 aromatic rings. The number of aromatic hydroxyl groups is 1. The zero-order valence-corrected chi connectivity index (χ0v) is 18.9. The summed E-state index contributed by atoms with van der Waals surface area (Å²) >= 11 is 1.11. The van der Waals surface area contributed by atoms with Crippen molar-refractivity contribution in [3.63, 3.8) is 0 Å². The van der Waals surface area contributed by atoms with E-state index in [-0.39, 0.29) is 28.4 Å². The highest BCUT2D eigenvalue weighted by molar-refractivity contribution is 7.16. The lowest BCUT2D eigenvalue weighted by atomic mass is 10.1. The van der Waals surface area contributed by atoms with Gasteiger partial charge in [-0.15, -0.1) is 0 Å². The molecule has 0 aliphatic heterocycles. The number of aromatic amines is 1. The average molecular weight is 461 g/mol. The molecule has 7 nitrogen and oxygen atoms in total. The molecule has 5 N–H and O–H groups in total. The molecule has 2 aromatic carbocycles. The molecule has 1 amide bonds. The second-order valence-electron chi connectivity index (χ2n) is 7.75. The number of rotatable bonds is 12. The van der Waals surface area contributed by atoms with Gasteiger partial charge in [-0.3, -0.25) is 9.59 Å². The van der Waals surface area contributed by atoms with E-state index >= 15 is 0 Å². The molecule has 32 heavy (non-hydrogen) atoms. The van der Waals surface area contributed by atoms with E-state index in [1.807, 2.05) is 12.1 Å². The van der Waals surface area contributed by atoms with Crippen LogP contribution in [-0.4, -0.2) is 48.2 Å². The van der Waals surface area contributed by atoms with Crippen molar-refractivity contribution in [2.24, 2.45) is 0 Å². The van der Waals surface area contributed by atoms with Crippen molar-refractivity contribution < 1.29 is 14.3 Å². The molecule has 0 bridgehead atoms. The number of phenols is 1. The number of thiazole rings is 1. The van der Waals surface area contributed by atoms with Gasteiger partial charge in [-0.2, -0.15) is 0 Å². The average Bonchev–Trinajstić information content (AvgIpc) is 3.15. The van der Waals surface area contributed by atoms with Gasteiger partial charge in [-0.25, -0.2) is 4.39 Å². The first-order chi connectivity index (χ1) is 15.4. The SMILES string of the molecule is CC(CNCCC(=O)NCCc1cccc(F)c1)NCCc1ccc(O)c2[nH]c(=O)sc12. The van der Waals surface area contributed by atoms with Gasteiger partial charge in [-0.1, -0.05) is 29.5 Å². The number of fused-ring (bicyclic) bond motifs is 1. The second kappa shape index (κ2) is 11.8. The highest BCUT2D eigenvalue weighted by atomic mass is 32.1. The molecule has 172 valence electrons. The van der Waals surface area contributed by atoms with Crippen LogP contribution in [0.25, 0.3) is 10.2 Å². The van der Waals surface area contributed by atoms with Crippen LogP contribution in [0.15, 0.2) is 41.2 Å². The van der Waals surface area contributed by atoms with Crippen molar-refractivity contribution in [1.82, 2.24) is 20.9 Å². The lowest BCUT2D eigenvalue weighted by molar-refractivity contribution is -0.120. The second-order valence-corrected chi connectivity index (χ2v) is 8.73. The largest absolute Gasteiger partial charge is 0.506 e. The van der Waals surface area contributed by atoms with Gasteiger partial charge >= 0.3 is 4.87 Å². The molecule has 3 rings (SSSR count). The molecule has 1 atom stereocenters. The lowest BCUT2D eigenvalue weighted by Gasteiger charge is -2.15. The summed E-state index contributed by atoms with van der Waals surface area (Å²) in [6.07, 6.45) is 1.72. The highest BCUT2D eigenvalue weighted by Gasteiger charge is 2.10. The van der Waals surface area contributed by atoms with Crippen molar-refractivity contribution in [2.45, 2.75) is 32.2 Å². The van der Waals surface area contributed by atoms with Crippen LogP contribution in [-0.2, 0) is 17.6 Å². The third-order valence-corrected chi connectivity index (χ3v) is 6.09. The van der Waals surface area contributed by atoms with Crippen LogP contribution in [0.3, 0.4) is 0 Å². The van der Waals surface area contributed by atoms with Crippen LogP contribution in [0, 0.1) is 5.82 Å². The summed E-state index contributed by atoms with van der Waals surface area (Å²) < 4.78 is 13.9. The quantitative estimate of drug-likeness (QED) is 0.267. The normalized spacial score (nSPS) is 12.2. The standard InChI is InChI=1S/C23H29FN4O3S/c1-15(26-12-8-17-5-6-19(29)21-22(17)32-23(31)28-21)14-25-10-9-20(30)27-11-7-16-3-2-4-18(24)13-16/h2-6,13,15,25-26,29H,7-12,14H2,1H3,(H,27,30)(H,28,31). The Labute approximate surface area is 190 Å². The Kier molecular flexibility index (Phi) is 8.78. The predicted molar refractivity (Wildman–Crippen MR) is 126 cm³/mol. The third kappa shape index (κ3) is 7.15. The van der Waals surface area contributed by atoms with Gasteiger partial charge in [0.15, 0.2) is 0 Å². The first kappa shape index (κ1) is 23.9. The van der Waals surface area contributed by atoms with Gasteiger partial charge in [0.05, 0.1) is 4.70 Å². The molecular formula is C23H29FN4O3S. The summed E-state index contributed by atoms with van der Waals surface area (Å²) in [5.74, 6) is -0.208. The molecule has 1 heterocycles. The number of nitrogens with one attached hydrogen (secondary N) is 4. The molecule has 0 aliphatic carbocycles. The van der Waals surface area contributed by atoms with E-state index in [9.17, 15) is 19.1 Å². The topological polar surface area (TPSA) is 106 Å². The third-order valence-electron chi connectivity index (χ3n) is 5.13. The lowest BCUT2D eigenvalue weighted by Crippen LogP contribution is -2.38. The first-order valence-corrected chi connectivity index (χ1v) is 11.5. The van der Waals surface area contributed by atoms with E-state index in [4.69, 9.17) is 0 Å². The molecule has 0 fully saturated rings. The van der Waals surface area contributed by atoms with E-state index in [2.05, 4.69) is 27.9 Å². The number of phenolic OH excluding ortho intramolecular Hbond substituents is 1. The van der Waals surface area contributed by atoms with Crippen LogP contribution in [0.1, 0.15) is 24.5 Å². The van der Waals surface area contributed by atoms with Gasteiger partial charge in [-0.05, 0) is 55.6 Å². The van der Waals surface area contributed by atoms with Crippen LogP contribution in [0.4, 0.5) is 4.39 Å².